The van der Waals surface area contributed by atoms with Crippen molar-refractivity contribution in [1.82, 2.24) is 9.80 Å². The van der Waals surface area contributed by atoms with Crippen LogP contribution in [0.1, 0.15) is 33.1 Å². The summed E-state index contributed by atoms with van der Waals surface area (Å²) in [6, 6.07) is 6.19. The van der Waals surface area contributed by atoms with Gasteiger partial charge < -0.3 is 24.4 Å². The fourth-order valence-electron chi connectivity index (χ4n) is 4.32. The smallest absolute Gasteiger partial charge is 0.410 e. The van der Waals surface area contributed by atoms with Crippen molar-refractivity contribution in [2.24, 2.45) is 5.92 Å². The summed E-state index contributed by atoms with van der Waals surface area (Å²) in [5.74, 6) is 2.05. The summed E-state index contributed by atoms with van der Waals surface area (Å²) in [6.07, 6.45) is 2.61. The number of rotatable bonds is 4. The van der Waals surface area contributed by atoms with Crippen LogP contribution in [0.25, 0.3) is 0 Å². The average Bonchev–Trinajstić information content (AvgIpc) is 3.07. The van der Waals surface area contributed by atoms with E-state index in [-0.39, 0.29) is 18.2 Å². The maximum atomic E-state index is 12.3. The van der Waals surface area contributed by atoms with Gasteiger partial charge >= 0.3 is 6.09 Å². The van der Waals surface area contributed by atoms with E-state index < -0.39 is 0 Å². The van der Waals surface area contributed by atoms with E-state index in [1.54, 1.807) is 0 Å². The third-order valence-electron chi connectivity index (χ3n) is 5.69. The standard InChI is InChI=1S/C21H29N3O4S/c1-14(2)11-17-13-28-21(25)24(17)16-5-7-23(8-6-16)20(29)22-15-3-4-18-19(12-15)27-10-9-26-18/h3-4,12,14,16-17H,5-11,13H2,1-2H3,(H,22,29). The molecule has 7 nitrogen and oxygen atoms in total. The molecule has 29 heavy (non-hydrogen) atoms. The van der Waals surface area contributed by atoms with Gasteiger partial charge in [0.2, 0.25) is 0 Å². The molecule has 1 aromatic rings. The summed E-state index contributed by atoms with van der Waals surface area (Å²) in [6.45, 7) is 7.66. The van der Waals surface area contributed by atoms with E-state index in [2.05, 4.69) is 24.1 Å². The van der Waals surface area contributed by atoms with E-state index in [1.165, 1.54) is 0 Å². The van der Waals surface area contributed by atoms with Crippen LogP contribution in [0.4, 0.5) is 10.5 Å². The van der Waals surface area contributed by atoms with Crippen LogP contribution in [0.3, 0.4) is 0 Å². The minimum atomic E-state index is -0.161. The maximum absolute atomic E-state index is 12.3. The van der Waals surface area contributed by atoms with Crippen molar-refractivity contribution in [2.45, 2.75) is 45.2 Å². The van der Waals surface area contributed by atoms with Crippen LogP contribution in [0, 0.1) is 5.92 Å². The zero-order chi connectivity index (χ0) is 20.4. The first-order valence-electron chi connectivity index (χ1n) is 10.4. The van der Waals surface area contributed by atoms with Crippen LogP contribution < -0.4 is 14.8 Å². The summed E-state index contributed by atoms with van der Waals surface area (Å²) in [4.78, 5) is 16.4. The molecule has 158 valence electrons. The Balaban J connectivity index is 1.32. The Labute approximate surface area is 177 Å². The molecule has 4 rings (SSSR count). The predicted molar refractivity (Wildman–Crippen MR) is 115 cm³/mol. The number of nitrogens with zero attached hydrogens (tertiary/aromatic N) is 2. The van der Waals surface area contributed by atoms with Crippen LogP contribution in [-0.4, -0.2) is 66.0 Å². The van der Waals surface area contributed by atoms with Gasteiger partial charge in [0.25, 0.3) is 0 Å². The number of piperidine rings is 1. The molecule has 8 heteroatoms. The number of nitrogens with one attached hydrogen (secondary N) is 1. The first-order valence-corrected chi connectivity index (χ1v) is 10.8. The van der Waals surface area contributed by atoms with Crippen LogP contribution >= 0.6 is 12.2 Å². The summed E-state index contributed by atoms with van der Waals surface area (Å²) < 4.78 is 16.5. The lowest BCUT2D eigenvalue weighted by Crippen LogP contribution is -2.50. The Morgan fingerprint density at radius 2 is 1.90 bits per heavy atom. The third kappa shape index (κ3) is 4.52. The molecule has 0 bridgehead atoms. The Bertz CT molecular complexity index is 764. The Kier molecular flexibility index (Phi) is 5.99. The number of hydrogen-bond donors (Lipinski definition) is 1. The number of hydrogen-bond acceptors (Lipinski definition) is 5. The second kappa shape index (κ2) is 8.65. The van der Waals surface area contributed by atoms with Crippen molar-refractivity contribution >= 4 is 29.1 Å². The van der Waals surface area contributed by atoms with Gasteiger partial charge in [-0.05, 0) is 49.5 Å². The number of fused-ring (bicyclic) bond motifs is 1. The van der Waals surface area contributed by atoms with Gasteiger partial charge in [0.05, 0.1) is 6.04 Å². The quantitative estimate of drug-likeness (QED) is 0.750. The van der Waals surface area contributed by atoms with Crippen molar-refractivity contribution in [2.75, 3.05) is 38.2 Å². The molecule has 0 radical (unpaired) electrons. The first-order chi connectivity index (χ1) is 14.0. The number of ether oxygens (including phenoxy) is 3. The number of carbonyl (C=O) groups is 1. The van der Waals surface area contributed by atoms with Crippen molar-refractivity contribution < 1.29 is 19.0 Å². The second-order valence-corrected chi connectivity index (χ2v) is 8.66. The van der Waals surface area contributed by atoms with Gasteiger partial charge in [-0.2, -0.15) is 0 Å². The van der Waals surface area contributed by atoms with Crippen LogP contribution in [0.5, 0.6) is 11.5 Å². The second-order valence-electron chi connectivity index (χ2n) is 8.27. The lowest BCUT2D eigenvalue weighted by molar-refractivity contribution is 0.120. The zero-order valence-corrected chi connectivity index (χ0v) is 17.9. The highest BCUT2D eigenvalue weighted by molar-refractivity contribution is 7.80. The van der Waals surface area contributed by atoms with Crippen LogP contribution in [0.2, 0.25) is 0 Å². The molecule has 1 unspecified atom stereocenters. The number of thiocarbonyl (C=S) groups is 1. The average molecular weight is 420 g/mol. The summed E-state index contributed by atoms with van der Waals surface area (Å²) >= 11 is 5.63. The summed E-state index contributed by atoms with van der Waals surface area (Å²) in [5, 5.41) is 4.00. The van der Waals surface area contributed by atoms with Crippen molar-refractivity contribution in [3.05, 3.63) is 18.2 Å². The first kappa shape index (κ1) is 20.1. The minimum Gasteiger partial charge on any atom is -0.486 e. The van der Waals surface area contributed by atoms with Gasteiger partial charge in [-0.1, -0.05) is 13.8 Å². The van der Waals surface area contributed by atoms with Gasteiger partial charge in [-0.15, -0.1) is 0 Å². The molecule has 1 aromatic carbocycles. The van der Waals surface area contributed by atoms with Gasteiger partial charge in [0.15, 0.2) is 16.6 Å². The lowest BCUT2D eigenvalue weighted by atomic mass is 9.98. The van der Waals surface area contributed by atoms with Crippen molar-refractivity contribution in [3.63, 3.8) is 0 Å². The van der Waals surface area contributed by atoms with Crippen LogP contribution in [-0.2, 0) is 4.74 Å². The molecule has 2 saturated heterocycles. The number of likely N-dealkylation sites (tertiary alicyclic amines) is 1. The van der Waals surface area contributed by atoms with Gasteiger partial charge in [0.1, 0.15) is 19.8 Å². The van der Waals surface area contributed by atoms with E-state index in [1.807, 2.05) is 23.1 Å². The zero-order valence-electron chi connectivity index (χ0n) is 17.1. The molecule has 3 heterocycles. The Morgan fingerprint density at radius 3 is 2.62 bits per heavy atom. The van der Waals surface area contributed by atoms with E-state index in [0.29, 0.717) is 30.9 Å². The molecule has 3 aliphatic heterocycles. The van der Waals surface area contributed by atoms with E-state index >= 15 is 0 Å². The Morgan fingerprint density at radius 1 is 1.17 bits per heavy atom. The predicted octanol–water partition coefficient (Wildman–Crippen LogP) is 3.49. The molecular formula is C21H29N3O4S. The molecule has 3 aliphatic rings. The number of carbonyl (C=O) groups excluding carboxylic acids is 1. The highest BCUT2D eigenvalue weighted by Crippen LogP contribution is 2.33. The monoisotopic (exact) mass is 419 g/mol. The number of cyclic esters (lactones) is 1. The highest BCUT2D eigenvalue weighted by atomic mass is 32.1. The van der Waals surface area contributed by atoms with Crippen molar-refractivity contribution in [1.29, 1.82) is 0 Å². The number of anilines is 1. The minimum absolute atomic E-state index is 0.161. The van der Waals surface area contributed by atoms with Gasteiger partial charge in [-0.25, -0.2) is 4.79 Å². The van der Waals surface area contributed by atoms with Gasteiger partial charge in [0, 0.05) is 30.9 Å². The molecule has 0 saturated carbocycles. The highest BCUT2D eigenvalue weighted by Gasteiger charge is 2.39. The Hall–Kier alpha value is -2.22. The van der Waals surface area contributed by atoms with E-state index in [4.69, 9.17) is 26.4 Å². The fourth-order valence-corrected chi connectivity index (χ4v) is 4.62. The maximum Gasteiger partial charge on any atom is 0.410 e. The molecular weight excluding hydrogens is 390 g/mol. The summed E-state index contributed by atoms with van der Waals surface area (Å²) in [7, 11) is 0. The molecule has 0 aromatic heterocycles. The topological polar surface area (TPSA) is 63.3 Å². The number of amides is 1. The lowest BCUT2D eigenvalue weighted by Gasteiger charge is -2.39. The fraction of sp³-hybridized carbons (Fsp3) is 0.619. The molecule has 1 N–H and O–H groups in total. The van der Waals surface area contributed by atoms with Crippen molar-refractivity contribution in [3.8, 4) is 11.5 Å². The van der Waals surface area contributed by atoms with Gasteiger partial charge in [-0.3, -0.25) is 4.90 Å². The van der Waals surface area contributed by atoms with Crippen LogP contribution in [0.15, 0.2) is 18.2 Å². The van der Waals surface area contributed by atoms with E-state index in [9.17, 15) is 4.79 Å². The SMILES string of the molecule is CC(C)CC1COC(=O)N1C1CCN(C(=S)Nc2ccc3c(c2)OCCO3)CC1. The molecule has 1 amide bonds. The molecule has 0 aliphatic carbocycles. The largest absolute Gasteiger partial charge is 0.486 e. The normalized spacial score (nSPS) is 22.0. The number of benzene rings is 1. The molecule has 0 spiro atoms. The third-order valence-corrected chi connectivity index (χ3v) is 6.05. The summed E-state index contributed by atoms with van der Waals surface area (Å²) in [5.41, 5.74) is 0.890. The van der Waals surface area contributed by atoms with E-state index in [0.717, 1.165) is 49.5 Å². The molecule has 1 atom stereocenters. The molecule has 2 fully saturated rings.